The molecule has 1 fully saturated rings. The summed E-state index contributed by atoms with van der Waals surface area (Å²) >= 11 is 0. The third-order valence-corrected chi connectivity index (χ3v) is 11.0. The van der Waals surface area contributed by atoms with Crippen molar-refractivity contribution in [1.29, 1.82) is 0 Å². The summed E-state index contributed by atoms with van der Waals surface area (Å²) < 4.78 is 54.0. The van der Waals surface area contributed by atoms with Crippen LogP contribution in [0.5, 0.6) is 0 Å². The van der Waals surface area contributed by atoms with Gasteiger partial charge in [-0.1, -0.05) is 178 Å². The lowest BCUT2D eigenvalue weighted by molar-refractivity contribution is -0.297. The molecule has 0 aromatic heterocycles. The molecule has 4 N–H and O–H groups in total. The van der Waals surface area contributed by atoms with Crippen LogP contribution in [0.3, 0.4) is 0 Å². The van der Waals surface area contributed by atoms with Gasteiger partial charge >= 0.3 is 11.9 Å². The van der Waals surface area contributed by atoms with E-state index in [1.807, 2.05) is 36.5 Å². The van der Waals surface area contributed by atoms with Gasteiger partial charge in [-0.2, -0.15) is 8.42 Å². The van der Waals surface area contributed by atoms with Gasteiger partial charge in [-0.05, 0) is 32.1 Å². The largest absolute Gasteiger partial charge is 0.462 e. The van der Waals surface area contributed by atoms with Gasteiger partial charge in [0.1, 0.15) is 36.8 Å². The Hall–Kier alpha value is -2.39. The van der Waals surface area contributed by atoms with Crippen molar-refractivity contribution in [2.75, 3.05) is 19.0 Å². The van der Waals surface area contributed by atoms with Crippen molar-refractivity contribution in [2.24, 2.45) is 0 Å². The summed E-state index contributed by atoms with van der Waals surface area (Å²) in [5.74, 6) is -2.01. The molecule has 59 heavy (non-hydrogen) atoms. The number of allylic oxidation sites excluding steroid dienone is 8. The molecule has 0 aromatic rings. The van der Waals surface area contributed by atoms with Crippen LogP contribution in [0.1, 0.15) is 174 Å². The van der Waals surface area contributed by atoms with Crippen LogP contribution in [-0.2, 0) is 38.7 Å². The molecule has 1 aliphatic rings. The summed E-state index contributed by atoms with van der Waals surface area (Å²) in [6, 6.07) is 0. The molecule has 2 unspecified atom stereocenters. The Morgan fingerprint density at radius 3 is 1.59 bits per heavy atom. The van der Waals surface area contributed by atoms with E-state index in [-0.39, 0.29) is 19.4 Å². The Kier molecular flexibility index (Phi) is 33.6. The zero-order valence-corrected chi connectivity index (χ0v) is 37.2. The third-order valence-electron chi connectivity index (χ3n) is 10.3. The molecule has 0 aromatic carbocycles. The van der Waals surface area contributed by atoms with Gasteiger partial charge in [0.15, 0.2) is 12.4 Å². The number of rotatable bonds is 37. The fourth-order valence-electron chi connectivity index (χ4n) is 6.75. The van der Waals surface area contributed by atoms with Crippen molar-refractivity contribution in [3.63, 3.8) is 0 Å². The topological polar surface area (TPSA) is 186 Å². The molecular weight excluding hydrogens is 777 g/mol. The van der Waals surface area contributed by atoms with Crippen molar-refractivity contribution in [3.05, 3.63) is 48.6 Å². The van der Waals surface area contributed by atoms with Gasteiger partial charge in [-0.15, -0.1) is 0 Å². The molecule has 12 nitrogen and oxygen atoms in total. The van der Waals surface area contributed by atoms with Gasteiger partial charge in [0.25, 0.3) is 10.1 Å². The van der Waals surface area contributed by atoms with Crippen LogP contribution in [0.25, 0.3) is 0 Å². The number of carbonyl (C=O) groups is 2. The fraction of sp³-hybridized carbons (Fsp3) is 0.783. The summed E-state index contributed by atoms with van der Waals surface area (Å²) in [6.07, 6.45) is 32.9. The van der Waals surface area contributed by atoms with E-state index < -0.39 is 71.2 Å². The minimum Gasteiger partial charge on any atom is -0.462 e. The highest BCUT2D eigenvalue weighted by Gasteiger charge is 2.46. The second-order valence-corrected chi connectivity index (χ2v) is 17.3. The van der Waals surface area contributed by atoms with Crippen LogP contribution < -0.4 is 0 Å². The Balaban J connectivity index is 2.46. The van der Waals surface area contributed by atoms with E-state index in [1.165, 1.54) is 77.0 Å². The van der Waals surface area contributed by atoms with Crippen LogP contribution in [0.15, 0.2) is 48.6 Å². The van der Waals surface area contributed by atoms with E-state index in [1.54, 1.807) is 0 Å². The maximum atomic E-state index is 12.8. The minimum absolute atomic E-state index is 0.160. The molecule has 0 saturated carbocycles. The minimum atomic E-state index is -4.60. The highest BCUT2D eigenvalue weighted by molar-refractivity contribution is 7.85. The number of aliphatic hydroxyl groups excluding tert-OH is 3. The van der Waals surface area contributed by atoms with Crippen molar-refractivity contribution >= 4 is 22.1 Å². The average Bonchev–Trinajstić information content (AvgIpc) is 3.20. The Morgan fingerprint density at radius 2 is 1.07 bits per heavy atom. The maximum absolute atomic E-state index is 12.8. The number of hydrogen-bond donors (Lipinski definition) is 4. The monoisotopic (exact) mass is 857 g/mol. The predicted molar refractivity (Wildman–Crippen MR) is 233 cm³/mol. The number of unbranched alkanes of at least 4 members (excludes halogenated alkanes) is 20. The summed E-state index contributed by atoms with van der Waals surface area (Å²) in [5, 5.41) is 30.9. The smallest absolute Gasteiger partial charge is 0.306 e. The average molecular weight is 857 g/mol. The number of aliphatic hydroxyl groups is 3. The highest BCUT2D eigenvalue weighted by atomic mass is 32.2. The van der Waals surface area contributed by atoms with E-state index in [2.05, 4.69) is 26.0 Å². The summed E-state index contributed by atoms with van der Waals surface area (Å²) in [7, 11) is -4.60. The fourth-order valence-corrected chi connectivity index (χ4v) is 7.44. The zero-order chi connectivity index (χ0) is 43.4. The number of carbonyl (C=O) groups excluding carboxylic acids is 2. The lowest BCUT2D eigenvalue weighted by atomic mass is 10.00. The molecule has 0 spiro atoms. The van der Waals surface area contributed by atoms with Crippen molar-refractivity contribution < 1.29 is 56.8 Å². The first-order chi connectivity index (χ1) is 28.5. The van der Waals surface area contributed by atoms with Crippen molar-refractivity contribution in [3.8, 4) is 0 Å². The molecule has 13 heteroatoms. The summed E-state index contributed by atoms with van der Waals surface area (Å²) in [4.78, 5) is 25.4. The van der Waals surface area contributed by atoms with Gasteiger partial charge in [-0.3, -0.25) is 14.1 Å². The van der Waals surface area contributed by atoms with Crippen LogP contribution in [-0.4, -0.2) is 96.0 Å². The van der Waals surface area contributed by atoms with Crippen LogP contribution in [0.2, 0.25) is 0 Å². The second kappa shape index (κ2) is 36.3. The molecule has 342 valence electrons. The highest BCUT2D eigenvalue weighted by Crippen LogP contribution is 2.24. The van der Waals surface area contributed by atoms with Crippen LogP contribution in [0, 0.1) is 0 Å². The lowest BCUT2D eigenvalue weighted by Crippen LogP contribution is -2.60. The van der Waals surface area contributed by atoms with Gasteiger partial charge in [-0.25, -0.2) is 0 Å². The van der Waals surface area contributed by atoms with Crippen LogP contribution >= 0.6 is 0 Å². The summed E-state index contributed by atoms with van der Waals surface area (Å²) in [6.45, 7) is 3.60. The SMILES string of the molecule is CC/C=C/C=C/C=C/C=C/CCCCCCCC(=O)OC[C@H](CO[C@H]1O[C@H](CS(=O)(=O)O)[C@@H](O)C(O)C1O)OC(=O)CCCCCCCCCCCCCCCCCC. The van der Waals surface area contributed by atoms with Gasteiger partial charge in [0, 0.05) is 12.8 Å². The van der Waals surface area contributed by atoms with Crippen LogP contribution in [0.4, 0.5) is 0 Å². The standard InChI is InChI=1S/C46H80O12S/c1-3-5-7-9-11-13-15-17-19-21-23-25-27-29-31-33-35-42(48)57-39(37-56-46-45(51)44(50)43(49)40(58-46)38-59(52,53)54)36-55-41(47)34-32-30-28-26-24-22-20-18-16-14-12-10-8-6-4-2/h6,8,10,12,14,16,18,20,39-40,43-46,49-51H,3-5,7,9,11,13,15,17,19,21-38H2,1-2H3,(H,52,53,54)/b8-6+,12-10+,16-14+,20-18+/t39-,40-,43-,44?,45?,46+/m1/s1. The van der Waals surface area contributed by atoms with Crippen molar-refractivity contribution in [1.82, 2.24) is 0 Å². The van der Waals surface area contributed by atoms with E-state index in [4.69, 9.17) is 18.9 Å². The molecular formula is C46H80O12S. The first-order valence-electron chi connectivity index (χ1n) is 22.7. The Bertz CT molecular complexity index is 1280. The quantitative estimate of drug-likeness (QED) is 0.0201. The van der Waals surface area contributed by atoms with E-state index in [0.717, 1.165) is 57.8 Å². The predicted octanol–water partition coefficient (Wildman–Crippen LogP) is 9.17. The van der Waals surface area contributed by atoms with E-state index >= 15 is 0 Å². The molecule has 6 atom stereocenters. The Labute approximate surface area is 356 Å². The number of ether oxygens (including phenoxy) is 4. The second-order valence-electron chi connectivity index (χ2n) is 15.8. The molecule has 1 aliphatic heterocycles. The lowest BCUT2D eigenvalue weighted by Gasteiger charge is -2.40. The number of esters is 2. The Morgan fingerprint density at radius 1 is 0.593 bits per heavy atom. The van der Waals surface area contributed by atoms with Crippen molar-refractivity contribution in [2.45, 2.75) is 211 Å². The van der Waals surface area contributed by atoms with E-state index in [0.29, 0.717) is 12.8 Å². The van der Waals surface area contributed by atoms with Gasteiger partial charge < -0.3 is 34.3 Å². The molecule has 0 bridgehead atoms. The molecule has 1 saturated heterocycles. The molecule has 1 heterocycles. The third kappa shape index (κ3) is 31.2. The molecule has 0 amide bonds. The maximum Gasteiger partial charge on any atom is 0.306 e. The normalized spacial score (nSPS) is 20.7. The molecule has 0 aliphatic carbocycles. The summed E-state index contributed by atoms with van der Waals surface area (Å²) in [5.41, 5.74) is 0. The van der Waals surface area contributed by atoms with Gasteiger partial charge in [0.2, 0.25) is 0 Å². The first-order valence-corrected chi connectivity index (χ1v) is 24.4. The zero-order valence-electron chi connectivity index (χ0n) is 36.3. The molecule has 0 radical (unpaired) electrons. The van der Waals surface area contributed by atoms with E-state index in [9.17, 15) is 37.9 Å². The molecule has 1 rings (SSSR count). The van der Waals surface area contributed by atoms with Gasteiger partial charge in [0.05, 0.1) is 6.61 Å². The number of hydrogen-bond acceptors (Lipinski definition) is 11. The first kappa shape index (κ1) is 54.6.